The number of carbonyl (C=O) groups excluding carboxylic acids is 1. The Labute approximate surface area is 161 Å². The Bertz CT molecular complexity index is 715. The van der Waals surface area contributed by atoms with Crippen LogP contribution < -0.4 is 4.90 Å². The summed E-state index contributed by atoms with van der Waals surface area (Å²) in [5.41, 5.74) is 0.501. The quantitative estimate of drug-likeness (QED) is 0.761. The number of aromatic nitrogens is 1. The highest BCUT2D eigenvalue weighted by Gasteiger charge is 2.48. The highest BCUT2D eigenvalue weighted by atomic mass is 16.6. The molecular formula is C21H28N4O2. The molecular weight excluding hydrogens is 340 g/mol. The molecule has 1 aliphatic carbocycles. The molecule has 27 heavy (non-hydrogen) atoms. The largest absolute Gasteiger partial charge is 0.462 e. The summed E-state index contributed by atoms with van der Waals surface area (Å²) in [5.74, 6) is 0.957. The first-order valence-electron chi connectivity index (χ1n) is 10.2. The molecule has 3 aliphatic rings. The van der Waals surface area contributed by atoms with Gasteiger partial charge in [-0.2, -0.15) is 5.26 Å². The summed E-state index contributed by atoms with van der Waals surface area (Å²) in [6.07, 6.45) is 9.32. The van der Waals surface area contributed by atoms with E-state index in [1.54, 1.807) is 12.3 Å². The molecule has 1 atom stereocenters. The Morgan fingerprint density at radius 1 is 1.22 bits per heavy atom. The van der Waals surface area contributed by atoms with Crippen molar-refractivity contribution in [1.82, 2.24) is 9.88 Å². The van der Waals surface area contributed by atoms with Crippen molar-refractivity contribution in [2.45, 2.75) is 51.0 Å². The molecule has 1 saturated carbocycles. The first-order chi connectivity index (χ1) is 13.2. The Hall–Kier alpha value is -2.13. The predicted octanol–water partition coefficient (Wildman–Crippen LogP) is 2.73. The van der Waals surface area contributed by atoms with Crippen LogP contribution in [0.5, 0.6) is 0 Å². The number of nitriles is 1. The Morgan fingerprint density at radius 2 is 2.00 bits per heavy atom. The van der Waals surface area contributed by atoms with Crippen LogP contribution in [0.15, 0.2) is 18.3 Å². The van der Waals surface area contributed by atoms with Crippen LogP contribution in [0.3, 0.4) is 0 Å². The molecule has 6 heteroatoms. The van der Waals surface area contributed by atoms with Gasteiger partial charge in [0.2, 0.25) is 0 Å². The third-order valence-electron chi connectivity index (χ3n) is 6.47. The van der Waals surface area contributed by atoms with Crippen molar-refractivity contribution in [2.75, 3.05) is 37.6 Å². The Kier molecular flexibility index (Phi) is 5.31. The van der Waals surface area contributed by atoms with Crippen LogP contribution in [0.4, 0.5) is 5.82 Å². The molecule has 0 aromatic carbocycles. The molecule has 0 radical (unpaired) electrons. The molecule has 0 amide bonds. The van der Waals surface area contributed by atoms with Crippen LogP contribution in [0.2, 0.25) is 0 Å². The number of hydrogen-bond acceptors (Lipinski definition) is 6. The topological polar surface area (TPSA) is 69.5 Å². The lowest BCUT2D eigenvalue weighted by Crippen LogP contribution is -2.47. The molecule has 1 unspecified atom stereocenters. The minimum absolute atomic E-state index is 0.0699. The summed E-state index contributed by atoms with van der Waals surface area (Å²) >= 11 is 0. The molecule has 2 aliphatic heterocycles. The molecule has 2 saturated heterocycles. The highest BCUT2D eigenvalue weighted by molar-refractivity contribution is 5.79. The van der Waals surface area contributed by atoms with Crippen molar-refractivity contribution in [1.29, 1.82) is 5.26 Å². The number of piperazine rings is 1. The van der Waals surface area contributed by atoms with E-state index < -0.39 is 0 Å². The minimum atomic E-state index is -0.154. The average molecular weight is 368 g/mol. The van der Waals surface area contributed by atoms with Crippen LogP contribution in [0.1, 0.15) is 50.5 Å². The average Bonchev–Trinajstić information content (AvgIpc) is 3.02. The Balaban J connectivity index is 1.24. The van der Waals surface area contributed by atoms with E-state index in [-0.39, 0.29) is 17.5 Å². The van der Waals surface area contributed by atoms with Gasteiger partial charge < -0.3 is 9.64 Å². The van der Waals surface area contributed by atoms with E-state index >= 15 is 0 Å². The van der Waals surface area contributed by atoms with Gasteiger partial charge in [-0.3, -0.25) is 9.69 Å². The number of pyridine rings is 1. The zero-order valence-electron chi connectivity index (χ0n) is 15.9. The number of cyclic esters (lactones) is 1. The molecule has 1 aromatic rings. The normalized spacial score (nSPS) is 25.4. The lowest BCUT2D eigenvalue weighted by molar-refractivity contribution is -0.150. The number of anilines is 1. The second-order valence-electron chi connectivity index (χ2n) is 8.20. The summed E-state index contributed by atoms with van der Waals surface area (Å²) in [4.78, 5) is 21.5. The third kappa shape index (κ3) is 3.93. The van der Waals surface area contributed by atoms with Crippen LogP contribution in [0.25, 0.3) is 0 Å². The lowest BCUT2D eigenvalue weighted by atomic mass is 9.72. The third-order valence-corrected chi connectivity index (χ3v) is 6.47. The van der Waals surface area contributed by atoms with Gasteiger partial charge in [-0.15, -0.1) is 0 Å². The molecule has 1 spiro atoms. The van der Waals surface area contributed by atoms with Crippen molar-refractivity contribution < 1.29 is 9.53 Å². The van der Waals surface area contributed by atoms with E-state index in [4.69, 9.17) is 10.00 Å². The zero-order valence-corrected chi connectivity index (χ0v) is 15.9. The van der Waals surface area contributed by atoms with Gasteiger partial charge in [0.15, 0.2) is 0 Å². The molecule has 1 aromatic heterocycles. The van der Waals surface area contributed by atoms with Gasteiger partial charge in [-0.05, 0) is 31.4 Å². The number of ether oxygens (including phenoxy) is 1. The lowest BCUT2D eigenvalue weighted by Gasteiger charge is -2.35. The van der Waals surface area contributed by atoms with Gasteiger partial charge in [0.25, 0.3) is 0 Å². The van der Waals surface area contributed by atoms with E-state index in [0.29, 0.717) is 5.56 Å². The molecule has 3 heterocycles. The van der Waals surface area contributed by atoms with Crippen molar-refractivity contribution in [2.24, 2.45) is 5.41 Å². The van der Waals surface area contributed by atoms with Gasteiger partial charge in [-0.25, -0.2) is 4.98 Å². The maximum absolute atomic E-state index is 12.4. The first kappa shape index (κ1) is 18.2. The maximum Gasteiger partial charge on any atom is 0.312 e. The van der Waals surface area contributed by atoms with Gasteiger partial charge in [-0.1, -0.05) is 19.3 Å². The summed E-state index contributed by atoms with van der Waals surface area (Å²) < 4.78 is 5.75. The number of esters is 1. The molecule has 144 valence electrons. The van der Waals surface area contributed by atoms with E-state index in [2.05, 4.69) is 20.9 Å². The van der Waals surface area contributed by atoms with Gasteiger partial charge in [0.1, 0.15) is 11.9 Å². The molecule has 4 rings (SSSR count). The van der Waals surface area contributed by atoms with Crippen molar-refractivity contribution in [3.05, 3.63) is 23.9 Å². The molecule has 0 N–H and O–H groups in total. The van der Waals surface area contributed by atoms with E-state index in [1.165, 1.54) is 19.3 Å². The smallest absolute Gasteiger partial charge is 0.312 e. The fourth-order valence-corrected chi connectivity index (χ4v) is 4.82. The van der Waals surface area contributed by atoms with Crippen molar-refractivity contribution >= 4 is 11.8 Å². The van der Waals surface area contributed by atoms with Crippen molar-refractivity contribution in [3.63, 3.8) is 0 Å². The van der Waals surface area contributed by atoms with Crippen LogP contribution in [-0.4, -0.2) is 54.7 Å². The van der Waals surface area contributed by atoms with E-state index in [1.807, 2.05) is 6.07 Å². The van der Waals surface area contributed by atoms with E-state index in [0.717, 1.165) is 64.2 Å². The summed E-state index contributed by atoms with van der Waals surface area (Å²) in [6, 6.07) is 5.77. The summed E-state index contributed by atoms with van der Waals surface area (Å²) in [6.45, 7) is 4.76. The highest BCUT2D eigenvalue weighted by Crippen LogP contribution is 2.46. The zero-order chi connectivity index (χ0) is 18.7. The monoisotopic (exact) mass is 368 g/mol. The van der Waals surface area contributed by atoms with E-state index in [9.17, 15) is 4.79 Å². The fraction of sp³-hybridized carbons (Fsp3) is 0.667. The standard InChI is InChI=1S/C21H28N4O2/c22-16-17-4-8-23-19(14-17)25-12-10-24(11-13-25)9-5-18-15-21(20(26)27-18)6-2-1-3-7-21/h4,8,14,18H,1-3,5-7,9-13,15H2. The second kappa shape index (κ2) is 7.85. The van der Waals surface area contributed by atoms with Gasteiger partial charge in [0.05, 0.1) is 17.0 Å². The van der Waals surface area contributed by atoms with Crippen LogP contribution >= 0.6 is 0 Å². The molecule has 6 nitrogen and oxygen atoms in total. The summed E-state index contributed by atoms with van der Waals surface area (Å²) in [7, 11) is 0. The minimum Gasteiger partial charge on any atom is -0.462 e. The predicted molar refractivity (Wildman–Crippen MR) is 102 cm³/mol. The summed E-state index contributed by atoms with van der Waals surface area (Å²) in [5, 5.41) is 9.05. The van der Waals surface area contributed by atoms with Gasteiger partial charge >= 0.3 is 5.97 Å². The van der Waals surface area contributed by atoms with Gasteiger partial charge in [0, 0.05) is 45.3 Å². The maximum atomic E-state index is 12.4. The number of nitrogens with zero attached hydrogens (tertiary/aromatic N) is 4. The fourth-order valence-electron chi connectivity index (χ4n) is 4.82. The van der Waals surface area contributed by atoms with Crippen molar-refractivity contribution in [3.8, 4) is 6.07 Å². The number of hydrogen-bond donors (Lipinski definition) is 0. The van der Waals surface area contributed by atoms with Crippen LogP contribution in [0, 0.1) is 16.7 Å². The SMILES string of the molecule is N#Cc1ccnc(N2CCN(CCC3CC4(CCCCC4)C(=O)O3)CC2)c1. The molecule has 0 bridgehead atoms. The Morgan fingerprint density at radius 3 is 2.74 bits per heavy atom. The second-order valence-corrected chi connectivity index (χ2v) is 8.20. The molecule has 3 fully saturated rings. The first-order valence-corrected chi connectivity index (χ1v) is 10.2. The number of rotatable bonds is 4. The number of carbonyl (C=O) groups is 1. The van der Waals surface area contributed by atoms with Crippen LogP contribution in [-0.2, 0) is 9.53 Å².